The van der Waals surface area contributed by atoms with Gasteiger partial charge in [-0.3, -0.25) is 4.79 Å². The number of rotatable bonds is 2. The molecule has 0 N–H and O–H groups in total. The van der Waals surface area contributed by atoms with Gasteiger partial charge in [0, 0.05) is 18.9 Å². The number of ether oxygens (including phenoxy) is 1. The molecular formula is C10H18O2. The molecule has 1 unspecified atom stereocenters. The Morgan fingerprint density at radius 3 is 2.58 bits per heavy atom. The van der Waals surface area contributed by atoms with Crippen LogP contribution in [0.1, 0.15) is 33.6 Å². The Bertz CT molecular complexity index is 161. The largest absolute Gasteiger partial charge is 0.381 e. The van der Waals surface area contributed by atoms with Crippen molar-refractivity contribution in [3.8, 4) is 0 Å². The lowest BCUT2D eigenvalue weighted by molar-refractivity contribution is -0.124. The van der Waals surface area contributed by atoms with Crippen molar-refractivity contribution in [1.29, 1.82) is 0 Å². The van der Waals surface area contributed by atoms with Gasteiger partial charge in [0.05, 0.1) is 6.61 Å². The molecule has 70 valence electrons. The summed E-state index contributed by atoms with van der Waals surface area (Å²) in [5.41, 5.74) is 0.125. The Morgan fingerprint density at radius 1 is 1.50 bits per heavy atom. The van der Waals surface area contributed by atoms with E-state index in [9.17, 15) is 4.79 Å². The minimum Gasteiger partial charge on any atom is -0.381 e. The molecule has 0 aromatic heterocycles. The highest BCUT2D eigenvalue weighted by molar-refractivity contribution is 5.81. The van der Waals surface area contributed by atoms with E-state index in [-0.39, 0.29) is 11.3 Å². The Balaban J connectivity index is 2.37. The zero-order chi connectivity index (χ0) is 9.19. The van der Waals surface area contributed by atoms with E-state index in [0.717, 1.165) is 13.0 Å². The minimum absolute atomic E-state index is 0.125. The Hall–Kier alpha value is -0.370. The summed E-state index contributed by atoms with van der Waals surface area (Å²) in [6, 6.07) is 0. The van der Waals surface area contributed by atoms with Crippen molar-refractivity contribution in [2.24, 2.45) is 11.3 Å². The summed E-state index contributed by atoms with van der Waals surface area (Å²) in [6.45, 7) is 7.71. The summed E-state index contributed by atoms with van der Waals surface area (Å²) >= 11 is 0. The zero-order valence-electron chi connectivity index (χ0n) is 8.22. The van der Waals surface area contributed by atoms with E-state index in [2.05, 4.69) is 20.8 Å². The van der Waals surface area contributed by atoms with Crippen molar-refractivity contribution in [1.82, 2.24) is 0 Å². The van der Waals surface area contributed by atoms with Gasteiger partial charge in [-0.15, -0.1) is 0 Å². The maximum absolute atomic E-state index is 11.6. The molecule has 0 aromatic carbocycles. The van der Waals surface area contributed by atoms with Crippen LogP contribution < -0.4 is 0 Å². The number of ketones is 1. The molecular weight excluding hydrogens is 152 g/mol. The summed E-state index contributed by atoms with van der Waals surface area (Å²) in [4.78, 5) is 11.6. The van der Waals surface area contributed by atoms with Crippen molar-refractivity contribution in [2.75, 3.05) is 13.2 Å². The van der Waals surface area contributed by atoms with Crippen molar-refractivity contribution >= 4 is 5.78 Å². The maximum atomic E-state index is 11.6. The lowest BCUT2D eigenvalue weighted by atomic mass is 9.85. The van der Waals surface area contributed by atoms with Gasteiger partial charge in [-0.25, -0.2) is 0 Å². The zero-order valence-corrected chi connectivity index (χ0v) is 8.22. The van der Waals surface area contributed by atoms with E-state index in [4.69, 9.17) is 4.74 Å². The first kappa shape index (κ1) is 9.72. The van der Waals surface area contributed by atoms with Crippen LogP contribution in [0.25, 0.3) is 0 Å². The lowest BCUT2D eigenvalue weighted by Crippen LogP contribution is -2.20. The predicted octanol–water partition coefficient (Wildman–Crippen LogP) is 2.03. The molecule has 0 spiro atoms. The Kier molecular flexibility index (Phi) is 2.89. The van der Waals surface area contributed by atoms with Gasteiger partial charge in [0.2, 0.25) is 0 Å². The fraction of sp³-hybridized carbons (Fsp3) is 0.900. The number of hydrogen-bond acceptors (Lipinski definition) is 2. The molecule has 0 saturated carbocycles. The second kappa shape index (κ2) is 3.56. The highest BCUT2D eigenvalue weighted by Crippen LogP contribution is 2.24. The minimum atomic E-state index is 0.125. The van der Waals surface area contributed by atoms with Crippen LogP contribution in [0.15, 0.2) is 0 Å². The van der Waals surface area contributed by atoms with Crippen molar-refractivity contribution in [3.63, 3.8) is 0 Å². The SMILES string of the molecule is CC(C)(C)CC(=O)C1CCOC1. The highest BCUT2D eigenvalue weighted by atomic mass is 16.5. The van der Waals surface area contributed by atoms with Crippen LogP contribution in [-0.4, -0.2) is 19.0 Å². The Morgan fingerprint density at radius 2 is 2.17 bits per heavy atom. The monoisotopic (exact) mass is 170 g/mol. The van der Waals surface area contributed by atoms with Crippen LogP contribution in [0.3, 0.4) is 0 Å². The second-order valence-corrected chi connectivity index (χ2v) is 4.76. The number of hydrogen-bond donors (Lipinski definition) is 0. The summed E-state index contributed by atoms with van der Waals surface area (Å²) < 4.78 is 5.17. The third-order valence-electron chi connectivity index (χ3n) is 2.09. The average molecular weight is 170 g/mol. The average Bonchev–Trinajstić information content (AvgIpc) is 2.32. The first-order chi connectivity index (χ1) is 5.49. The lowest BCUT2D eigenvalue weighted by Gasteiger charge is -2.18. The third-order valence-corrected chi connectivity index (χ3v) is 2.09. The van der Waals surface area contributed by atoms with Crippen LogP contribution in [0.2, 0.25) is 0 Å². The van der Waals surface area contributed by atoms with Gasteiger partial charge in [-0.2, -0.15) is 0 Å². The topological polar surface area (TPSA) is 26.3 Å². The van der Waals surface area contributed by atoms with Crippen molar-refractivity contribution in [3.05, 3.63) is 0 Å². The fourth-order valence-corrected chi connectivity index (χ4v) is 1.46. The third kappa shape index (κ3) is 2.94. The van der Waals surface area contributed by atoms with Crippen LogP contribution in [0.4, 0.5) is 0 Å². The van der Waals surface area contributed by atoms with Crippen LogP contribution in [-0.2, 0) is 9.53 Å². The summed E-state index contributed by atoms with van der Waals surface area (Å²) in [5, 5.41) is 0. The van der Waals surface area contributed by atoms with E-state index in [1.807, 2.05) is 0 Å². The smallest absolute Gasteiger partial charge is 0.138 e. The van der Waals surface area contributed by atoms with E-state index < -0.39 is 0 Å². The standard InChI is InChI=1S/C10H18O2/c1-10(2,3)6-9(11)8-4-5-12-7-8/h8H,4-7H2,1-3H3. The Labute approximate surface area is 74.3 Å². The van der Waals surface area contributed by atoms with Gasteiger partial charge in [-0.1, -0.05) is 20.8 Å². The van der Waals surface area contributed by atoms with Gasteiger partial charge in [0.15, 0.2) is 0 Å². The van der Waals surface area contributed by atoms with Gasteiger partial charge >= 0.3 is 0 Å². The van der Waals surface area contributed by atoms with E-state index in [0.29, 0.717) is 18.8 Å². The van der Waals surface area contributed by atoms with Gasteiger partial charge < -0.3 is 4.74 Å². The van der Waals surface area contributed by atoms with E-state index in [1.165, 1.54) is 0 Å². The summed E-state index contributed by atoms with van der Waals surface area (Å²) in [6.07, 6.45) is 1.61. The molecule has 1 aliphatic heterocycles. The van der Waals surface area contributed by atoms with Gasteiger partial charge in [0.25, 0.3) is 0 Å². The number of carbonyl (C=O) groups is 1. The van der Waals surface area contributed by atoms with Crippen LogP contribution >= 0.6 is 0 Å². The predicted molar refractivity (Wildman–Crippen MR) is 48.0 cm³/mol. The molecule has 1 heterocycles. The molecule has 1 rings (SSSR count). The van der Waals surface area contributed by atoms with Crippen LogP contribution in [0, 0.1) is 11.3 Å². The molecule has 1 atom stereocenters. The van der Waals surface area contributed by atoms with Crippen LogP contribution in [0.5, 0.6) is 0 Å². The maximum Gasteiger partial charge on any atom is 0.138 e. The normalized spacial score (nSPS) is 24.4. The number of carbonyl (C=O) groups excluding carboxylic acids is 1. The quantitative estimate of drug-likeness (QED) is 0.634. The molecule has 1 saturated heterocycles. The molecule has 0 aliphatic carbocycles. The summed E-state index contributed by atoms with van der Waals surface area (Å²) in [5.74, 6) is 0.559. The molecule has 1 aliphatic rings. The van der Waals surface area contributed by atoms with E-state index >= 15 is 0 Å². The van der Waals surface area contributed by atoms with Crippen molar-refractivity contribution in [2.45, 2.75) is 33.6 Å². The molecule has 12 heavy (non-hydrogen) atoms. The number of Topliss-reactive ketones (excluding diaryl/α,β-unsaturated/α-hetero) is 1. The van der Waals surface area contributed by atoms with Crippen molar-refractivity contribution < 1.29 is 9.53 Å². The molecule has 2 heteroatoms. The molecule has 0 aromatic rings. The fourth-order valence-electron chi connectivity index (χ4n) is 1.46. The first-order valence-electron chi connectivity index (χ1n) is 4.59. The molecule has 2 nitrogen and oxygen atoms in total. The highest BCUT2D eigenvalue weighted by Gasteiger charge is 2.26. The van der Waals surface area contributed by atoms with Gasteiger partial charge in [0.1, 0.15) is 5.78 Å². The molecule has 1 fully saturated rings. The molecule has 0 radical (unpaired) electrons. The first-order valence-corrected chi connectivity index (χ1v) is 4.59. The molecule has 0 amide bonds. The second-order valence-electron chi connectivity index (χ2n) is 4.76. The van der Waals surface area contributed by atoms with E-state index in [1.54, 1.807) is 0 Å². The summed E-state index contributed by atoms with van der Waals surface area (Å²) in [7, 11) is 0. The molecule has 0 bridgehead atoms. The van der Waals surface area contributed by atoms with Gasteiger partial charge in [-0.05, 0) is 11.8 Å².